The Morgan fingerprint density at radius 1 is 1.13 bits per heavy atom. The molecular weight excluding hydrogens is 415 g/mol. The first-order chi connectivity index (χ1) is 14.6. The second-order valence-electron chi connectivity index (χ2n) is 7.80. The van der Waals surface area contributed by atoms with Crippen LogP contribution in [0.15, 0.2) is 36.4 Å². The highest BCUT2D eigenvalue weighted by Gasteiger charge is 2.41. The van der Waals surface area contributed by atoms with Crippen LogP contribution in [0.4, 0.5) is 13.2 Å². The molecule has 1 aliphatic rings. The van der Waals surface area contributed by atoms with Crippen LogP contribution in [0.2, 0.25) is 0 Å². The summed E-state index contributed by atoms with van der Waals surface area (Å²) in [6, 6.07) is 7.31. The minimum absolute atomic E-state index is 0.114. The predicted octanol–water partition coefficient (Wildman–Crippen LogP) is 4.05. The van der Waals surface area contributed by atoms with Gasteiger partial charge in [0.1, 0.15) is 11.6 Å². The van der Waals surface area contributed by atoms with Crippen LogP contribution in [0.1, 0.15) is 50.0 Å². The third-order valence-electron chi connectivity index (χ3n) is 5.07. The van der Waals surface area contributed by atoms with E-state index in [4.69, 9.17) is 14.6 Å². The maximum absolute atomic E-state index is 14.1. The SMILES string of the molecule is CC(=O)N[C@]1(C)C[C@@H](c2ccc(F)cc2)O[C@@H](c2cc(F)c(F)cc2OCC(=O)O)C1. The molecule has 0 saturated carbocycles. The normalized spacial score (nSPS) is 23.3. The van der Waals surface area contributed by atoms with Crippen LogP contribution in [-0.4, -0.2) is 29.1 Å². The van der Waals surface area contributed by atoms with Gasteiger partial charge in [-0.15, -0.1) is 0 Å². The fourth-order valence-corrected chi connectivity index (χ4v) is 3.84. The molecule has 3 rings (SSSR count). The van der Waals surface area contributed by atoms with Gasteiger partial charge in [-0.05, 0) is 30.7 Å². The number of halogens is 3. The Labute approximate surface area is 177 Å². The van der Waals surface area contributed by atoms with E-state index in [0.29, 0.717) is 12.0 Å². The molecule has 0 spiro atoms. The molecular formula is C22H22F3NO5. The van der Waals surface area contributed by atoms with Crippen molar-refractivity contribution in [3.63, 3.8) is 0 Å². The monoisotopic (exact) mass is 437 g/mol. The standard InChI is InChI=1S/C22H22F3NO5/c1-12(27)26-22(2)9-19(13-3-5-14(23)6-4-13)31-20(10-22)15-7-16(24)17(25)8-18(15)30-11-21(28)29/h3-8,19-20H,9-11H2,1-2H3,(H,26,27)(H,28,29)/t19-,20+,22+/m0/s1. The van der Waals surface area contributed by atoms with Gasteiger partial charge in [-0.1, -0.05) is 12.1 Å². The summed E-state index contributed by atoms with van der Waals surface area (Å²) in [5, 5.41) is 11.8. The lowest BCUT2D eigenvalue weighted by Crippen LogP contribution is -2.50. The zero-order chi connectivity index (χ0) is 22.8. The number of rotatable bonds is 6. The number of ether oxygens (including phenoxy) is 2. The molecule has 166 valence electrons. The predicted molar refractivity (Wildman–Crippen MR) is 104 cm³/mol. The van der Waals surface area contributed by atoms with Crippen molar-refractivity contribution in [2.45, 2.75) is 44.4 Å². The number of benzene rings is 2. The van der Waals surface area contributed by atoms with Gasteiger partial charge in [0.15, 0.2) is 18.2 Å². The van der Waals surface area contributed by atoms with Crippen LogP contribution in [0.3, 0.4) is 0 Å². The molecule has 1 fully saturated rings. The summed E-state index contributed by atoms with van der Waals surface area (Å²) < 4.78 is 52.5. The number of carbonyl (C=O) groups is 2. The van der Waals surface area contributed by atoms with Crippen molar-refractivity contribution in [1.82, 2.24) is 5.32 Å². The molecule has 2 aromatic carbocycles. The van der Waals surface area contributed by atoms with E-state index in [0.717, 1.165) is 12.1 Å². The molecule has 2 N–H and O–H groups in total. The second-order valence-corrected chi connectivity index (χ2v) is 7.80. The van der Waals surface area contributed by atoms with E-state index in [1.807, 2.05) is 0 Å². The quantitative estimate of drug-likeness (QED) is 0.712. The molecule has 2 aromatic rings. The number of carboxylic acid groups (broad SMARTS) is 1. The molecule has 3 atom stereocenters. The lowest BCUT2D eigenvalue weighted by Gasteiger charge is -2.43. The van der Waals surface area contributed by atoms with Crippen molar-refractivity contribution in [3.05, 3.63) is 65.0 Å². The number of carboxylic acids is 1. The van der Waals surface area contributed by atoms with E-state index in [-0.39, 0.29) is 23.6 Å². The summed E-state index contributed by atoms with van der Waals surface area (Å²) in [7, 11) is 0. The van der Waals surface area contributed by atoms with Gasteiger partial charge in [0, 0.05) is 36.9 Å². The summed E-state index contributed by atoms with van der Waals surface area (Å²) in [5.41, 5.74) is -0.0373. The van der Waals surface area contributed by atoms with Crippen LogP contribution < -0.4 is 10.1 Å². The number of nitrogens with one attached hydrogen (secondary N) is 1. The van der Waals surface area contributed by atoms with Gasteiger partial charge >= 0.3 is 5.97 Å². The van der Waals surface area contributed by atoms with Crippen molar-refractivity contribution < 1.29 is 37.3 Å². The first-order valence-electron chi connectivity index (χ1n) is 9.59. The fourth-order valence-electron chi connectivity index (χ4n) is 3.84. The Hall–Kier alpha value is -3.07. The van der Waals surface area contributed by atoms with E-state index in [9.17, 15) is 22.8 Å². The number of carbonyl (C=O) groups excluding carboxylic acids is 1. The van der Waals surface area contributed by atoms with Gasteiger partial charge in [-0.2, -0.15) is 0 Å². The summed E-state index contributed by atoms with van der Waals surface area (Å²) in [6.07, 6.45) is -0.918. The molecule has 0 unspecified atom stereocenters. The van der Waals surface area contributed by atoms with E-state index in [1.165, 1.54) is 19.1 Å². The molecule has 1 aliphatic heterocycles. The third-order valence-corrected chi connectivity index (χ3v) is 5.07. The molecule has 6 nitrogen and oxygen atoms in total. The Morgan fingerprint density at radius 3 is 2.35 bits per heavy atom. The molecule has 1 amide bonds. The van der Waals surface area contributed by atoms with Crippen LogP contribution in [0, 0.1) is 17.5 Å². The summed E-state index contributed by atoms with van der Waals surface area (Å²) in [4.78, 5) is 22.7. The molecule has 31 heavy (non-hydrogen) atoms. The molecule has 0 bridgehead atoms. The van der Waals surface area contributed by atoms with E-state index < -0.39 is 47.8 Å². The van der Waals surface area contributed by atoms with Gasteiger partial charge in [0.2, 0.25) is 5.91 Å². The number of hydrogen-bond donors (Lipinski definition) is 2. The zero-order valence-corrected chi connectivity index (χ0v) is 17.0. The largest absolute Gasteiger partial charge is 0.481 e. The lowest BCUT2D eigenvalue weighted by atomic mass is 9.81. The van der Waals surface area contributed by atoms with E-state index in [2.05, 4.69) is 5.32 Å². The molecule has 9 heteroatoms. The van der Waals surface area contributed by atoms with Crippen molar-refractivity contribution in [2.75, 3.05) is 6.61 Å². The number of amides is 1. The summed E-state index contributed by atoms with van der Waals surface area (Å²) >= 11 is 0. The molecule has 1 heterocycles. The van der Waals surface area contributed by atoms with Gasteiger partial charge in [0.25, 0.3) is 0 Å². The third kappa shape index (κ3) is 5.55. The number of aliphatic carboxylic acids is 1. The first-order valence-corrected chi connectivity index (χ1v) is 9.59. The highest BCUT2D eigenvalue weighted by atomic mass is 19.2. The highest BCUT2D eigenvalue weighted by molar-refractivity contribution is 5.73. The summed E-state index contributed by atoms with van der Waals surface area (Å²) in [6.45, 7) is 2.40. The van der Waals surface area contributed by atoms with Gasteiger partial charge in [0.05, 0.1) is 12.2 Å². The first kappa shape index (κ1) is 22.6. The van der Waals surface area contributed by atoms with E-state index >= 15 is 0 Å². The van der Waals surface area contributed by atoms with Crippen LogP contribution in [0.25, 0.3) is 0 Å². The molecule has 0 radical (unpaired) electrons. The summed E-state index contributed by atoms with van der Waals surface area (Å²) in [5.74, 6) is -4.51. The van der Waals surface area contributed by atoms with Crippen molar-refractivity contribution in [1.29, 1.82) is 0 Å². The molecule has 0 aromatic heterocycles. The topological polar surface area (TPSA) is 84.9 Å². The van der Waals surface area contributed by atoms with Crippen LogP contribution in [0.5, 0.6) is 5.75 Å². The maximum atomic E-state index is 14.1. The van der Waals surface area contributed by atoms with Gasteiger partial charge in [-0.25, -0.2) is 18.0 Å². The Bertz CT molecular complexity index is 982. The highest BCUT2D eigenvalue weighted by Crippen LogP contribution is 2.46. The van der Waals surface area contributed by atoms with Crippen molar-refractivity contribution in [3.8, 4) is 5.75 Å². The Morgan fingerprint density at radius 2 is 1.74 bits per heavy atom. The van der Waals surface area contributed by atoms with Gasteiger partial charge < -0.3 is 19.9 Å². The minimum Gasteiger partial charge on any atom is -0.481 e. The second kappa shape index (κ2) is 8.97. The van der Waals surface area contributed by atoms with Crippen molar-refractivity contribution >= 4 is 11.9 Å². The van der Waals surface area contributed by atoms with Crippen molar-refractivity contribution in [2.24, 2.45) is 0 Å². The fraction of sp³-hybridized carbons (Fsp3) is 0.364. The van der Waals surface area contributed by atoms with Crippen LogP contribution in [-0.2, 0) is 14.3 Å². The average molecular weight is 437 g/mol. The molecule has 0 aliphatic carbocycles. The number of hydrogen-bond acceptors (Lipinski definition) is 4. The zero-order valence-electron chi connectivity index (χ0n) is 17.0. The molecule has 1 saturated heterocycles. The van der Waals surface area contributed by atoms with Gasteiger partial charge in [-0.3, -0.25) is 4.79 Å². The van der Waals surface area contributed by atoms with E-state index in [1.54, 1.807) is 19.1 Å². The Balaban J connectivity index is 2.01. The maximum Gasteiger partial charge on any atom is 0.341 e. The lowest BCUT2D eigenvalue weighted by molar-refractivity contribution is -0.139. The van der Waals surface area contributed by atoms with Crippen LogP contribution >= 0.6 is 0 Å². The Kier molecular flexibility index (Phi) is 6.54. The average Bonchev–Trinajstić information content (AvgIpc) is 2.67. The minimum atomic E-state index is -1.28. The smallest absolute Gasteiger partial charge is 0.341 e.